The third-order valence-electron chi connectivity index (χ3n) is 3.95. The standard InChI is InChI=1S/C17H20N4O3S/c1-10-4-5-13(24-3)12(8-10)18-15(22)16(23)20-17-19-11-6-7-21(2)9-14(11)25-17/h4-5,8H,6-7,9H2,1-3H3,(H,18,22)(H,19,20,23). The maximum atomic E-state index is 12.2. The average Bonchev–Trinajstić information content (AvgIpc) is 2.96. The number of carbonyl (C=O) groups excluding carboxylic acids is 2. The zero-order valence-corrected chi connectivity index (χ0v) is 15.2. The van der Waals surface area contributed by atoms with Crippen molar-refractivity contribution in [1.82, 2.24) is 9.88 Å². The third-order valence-corrected chi connectivity index (χ3v) is 4.95. The van der Waals surface area contributed by atoms with Gasteiger partial charge in [-0.2, -0.15) is 0 Å². The number of thiazole rings is 1. The van der Waals surface area contributed by atoms with E-state index in [0.29, 0.717) is 16.6 Å². The molecule has 1 aliphatic rings. The molecular weight excluding hydrogens is 340 g/mol. The molecule has 0 saturated heterocycles. The third kappa shape index (κ3) is 3.97. The minimum Gasteiger partial charge on any atom is -0.495 e. The molecule has 132 valence electrons. The lowest BCUT2D eigenvalue weighted by molar-refractivity contribution is -0.133. The van der Waals surface area contributed by atoms with Gasteiger partial charge < -0.3 is 15.0 Å². The molecule has 0 atom stereocenters. The molecular formula is C17H20N4O3S. The summed E-state index contributed by atoms with van der Waals surface area (Å²) in [4.78, 5) is 32.1. The van der Waals surface area contributed by atoms with E-state index in [1.807, 2.05) is 20.0 Å². The lowest BCUT2D eigenvalue weighted by Crippen LogP contribution is -2.29. The predicted octanol–water partition coefficient (Wildman–Crippen LogP) is 2.03. The molecule has 2 heterocycles. The molecule has 8 heteroatoms. The lowest BCUT2D eigenvalue weighted by Gasteiger charge is -2.20. The Hall–Kier alpha value is -2.45. The fourth-order valence-electron chi connectivity index (χ4n) is 2.63. The number of benzene rings is 1. The van der Waals surface area contributed by atoms with Crippen molar-refractivity contribution in [3.63, 3.8) is 0 Å². The number of rotatable bonds is 3. The summed E-state index contributed by atoms with van der Waals surface area (Å²) in [6, 6.07) is 5.36. The molecule has 0 aliphatic carbocycles. The monoisotopic (exact) mass is 360 g/mol. The van der Waals surface area contributed by atoms with Crippen molar-refractivity contribution in [2.75, 3.05) is 31.3 Å². The van der Waals surface area contributed by atoms with Crippen LogP contribution in [-0.4, -0.2) is 42.4 Å². The van der Waals surface area contributed by atoms with Gasteiger partial charge in [-0.3, -0.25) is 14.9 Å². The number of hydrogen-bond donors (Lipinski definition) is 2. The Labute approximate surface area is 150 Å². The Morgan fingerprint density at radius 2 is 2.04 bits per heavy atom. The molecule has 7 nitrogen and oxygen atoms in total. The molecule has 0 radical (unpaired) electrons. The van der Waals surface area contributed by atoms with Crippen molar-refractivity contribution in [2.45, 2.75) is 19.9 Å². The van der Waals surface area contributed by atoms with Gasteiger partial charge in [0.25, 0.3) is 0 Å². The second-order valence-electron chi connectivity index (χ2n) is 5.99. The minimum absolute atomic E-state index is 0.455. The number of carbonyl (C=O) groups is 2. The number of ether oxygens (including phenoxy) is 1. The van der Waals surface area contributed by atoms with Crippen molar-refractivity contribution in [2.24, 2.45) is 0 Å². The summed E-state index contributed by atoms with van der Waals surface area (Å²) >= 11 is 1.41. The number of nitrogens with zero attached hydrogens (tertiary/aromatic N) is 2. The topological polar surface area (TPSA) is 83.6 Å². The number of hydrogen-bond acceptors (Lipinski definition) is 6. The number of nitrogens with one attached hydrogen (secondary N) is 2. The number of aryl methyl sites for hydroxylation is 1. The van der Waals surface area contributed by atoms with Crippen LogP contribution in [0.25, 0.3) is 0 Å². The van der Waals surface area contributed by atoms with E-state index in [9.17, 15) is 9.59 Å². The number of amides is 2. The molecule has 0 spiro atoms. The smallest absolute Gasteiger partial charge is 0.315 e. The van der Waals surface area contributed by atoms with Crippen LogP contribution in [0.5, 0.6) is 5.75 Å². The van der Waals surface area contributed by atoms with Gasteiger partial charge in [0, 0.05) is 24.4 Å². The van der Waals surface area contributed by atoms with Gasteiger partial charge in [-0.15, -0.1) is 11.3 Å². The predicted molar refractivity (Wildman–Crippen MR) is 97.1 cm³/mol. The second kappa shape index (κ2) is 7.20. The Kier molecular flexibility index (Phi) is 5.00. The molecule has 2 amide bonds. The quantitative estimate of drug-likeness (QED) is 0.819. The van der Waals surface area contributed by atoms with Crippen molar-refractivity contribution in [3.8, 4) is 5.75 Å². The normalized spacial score (nSPS) is 13.9. The van der Waals surface area contributed by atoms with Crippen molar-refractivity contribution < 1.29 is 14.3 Å². The molecule has 1 aliphatic heterocycles. The fraction of sp³-hybridized carbons (Fsp3) is 0.353. The van der Waals surface area contributed by atoms with E-state index in [0.717, 1.165) is 35.6 Å². The highest BCUT2D eigenvalue weighted by atomic mass is 32.1. The van der Waals surface area contributed by atoms with Gasteiger partial charge in [-0.1, -0.05) is 6.07 Å². The largest absolute Gasteiger partial charge is 0.495 e. The summed E-state index contributed by atoms with van der Waals surface area (Å²) in [5.41, 5.74) is 2.41. The Morgan fingerprint density at radius 3 is 2.80 bits per heavy atom. The lowest BCUT2D eigenvalue weighted by atomic mass is 10.2. The van der Waals surface area contributed by atoms with E-state index in [1.165, 1.54) is 18.4 Å². The number of aromatic nitrogens is 1. The highest BCUT2D eigenvalue weighted by molar-refractivity contribution is 7.16. The molecule has 2 N–H and O–H groups in total. The van der Waals surface area contributed by atoms with Crippen LogP contribution in [0.1, 0.15) is 16.1 Å². The van der Waals surface area contributed by atoms with Gasteiger partial charge in [0.15, 0.2) is 5.13 Å². The van der Waals surface area contributed by atoms with Crippen LogP contribution < -0.4 is 15.4 Å². The van der Waals surface area contributed by atoms with E-state index >= 15 is 0 Å². The Bertz CT molecular complexity index is 818. The molecule has 25 heavy (non-hydrogen) atoms. The highest BCUT2D eigenvalue weighted by Gasteiger charge is 2.21. The molecule has 0 unspecified atom stereocenters. The molecule has 0 fully saturated rings. The number of methoxy groups -OCH3 is 1. The van der Waals surface area contributed by atoms with Gasteiger partial charge in [0.1, 0.15) is 5.75 Å². The van der Waals surface area contributed by atoms with Crippen LogP contribution >= 0.6 is 11.3 Å². The van der Waals surface area contributed by atoms with Crippen LogP contribution in [0, 0.1) is 6.92 Å². The van der Waals surface area contributed by atoms with Gasteiger partial charge >= 0.3 is 11.8 Å². The summed E-state index contributed by atoms with van der Waals surface area (Å²) in [6.45, 7) is 3.65. The van der Waals surface area contributed by atoms with Crippen LogP contribution in [0.15, 0.2) is 18.2 Å². The number of likely N-dealkylation sites (N-methyl/N-ethyl adjacent to an activating group) is 1. The van der Waals surface area contributed by atoms with E-state index < -0.39 is 11.8 Å². The van der Waals surface area contributed by atoms with Crippen LogP contribution in [0.3, 0.4) is 0 Å². The summed E-state index contributed by atoms with van der Waals surface area (Å²) in [5, 5.41) is 5.62. The molecule has 2 aromatic rings. The highest BCUT2D eigenvalue weighted by Crippen LogP contribution is 2.28. The first kappa shape index (κ1) is 17.4. The van der Waals surface area contributed by atoms with Gasteiger partial charge in [0.05, 0.1) is 18.5 Å². The van der Waals surface area contributed by atoms with E-state index in [4.69, 9.17) is 4.74 Å². The first-order valence-electron chi connectivity index (χ1n) is 7.90. The summed E-state index contributed by atoms with van der Waals surface area (Å²) < 4.78 is 5.20. The van der Waals surface area contributed by atoms with Crippen molar-refractivity contribution in [3.05, 3.63) is 34.3 Å². The van der Waals surface area contributed by atoms with Crippen molar-refractivity contribution >= 4 is 34.0 Å². The SMILES string of the molecule is COc1ccc(C)cc1NC(=O)C(=O)Nc1nc2c(s1)CN(C)CC2. The number of fused-ring (bicyclic) bond motifs is 1. The molecule has 0 bridgehead atoms. The van der Waals surface area contributed by atoms with Gasteiger partial charge in [-0.25, -0.2) is 4.98 Å². The zero-order chi connectivity index (χ0) is 18.0. The summed E-state index contributed by atoms with van der Waals surface area (Å²) in [5.74, 6) is -1.00. The molecule has 1 aromatic heterocycles. The Balaban J connectivity index is 1.67. The fourth-order valence-corrected chi connectivity index (χ4v) is 3.71. The van der Waals surface area contributed by atoms with E-state index in [-0.39, 0.29) is 0 Å². The minimum atomic E-state index is -0.755. The number of anilines is 2. The van der Waals surface area contributed by atoms with Crippen LogP contribution in [0.2, 0.25) is 0 Å². The Morgan fingerprint density at radius 1 is 1.28 bits per heavy atom. The van der Waals surface area contributed by atoms with Crippen LogP contribution in [-0.2, 0) is 22.6 Å². The molecule has 1 aromatic carbocycles. The first-order chi connectivity index (χ1) is 12.0. The zero-order valence-electron chi connectivity index (χ0n) is 14.4. The average molecular weight is 360 g/mol. The van der Waals surface area contributed by atoms with Crippen LogP contribution in [0.4, 0.5) is 10.8 Å². The van der Waals surface area contributed by atoms with E-state index in [1.54, 1.807) is 12.1 Å². The van der Waals surface area contributed by atoms with E-state index in [2.05, 4.69) is 20.5 Å². The molecule has 3 rings (SSSR count). The first-order valence-corrected chi connectivity index (χ1v) is 8.72. The summed E-state index contributed by atoms with van der Waals surface area (Å²) in [7, 11) is 3.56. The van der Waals surface area contributed by atoms with Gasteiger partial charge in [0.2, 0.25) is 0 Å². The van der Waals surface area contributed by atoms with Crippen molar-refractivity contribution in [1.29, 1.82) is 0 Å². The van der Waals surface area contributed by atoms with Gasteiger partial charge in [-0.05, 0) is 31.7 Å². The maximum Gasteiger partial charge on any atom is 0.315 e. The molecule has 0 saturated carbocycles. The second-order valence-corrected chi connectivity index (χ2v) is 7.07. The maximum absolute atomic E-state index is 12.2. The summed E-state index contributed by atoms with van der Waals surface area (Å²) in [6.07, 6.45) is 0.852.